The largest absolute Gasteiger partial charge is 0.478 e. The predicted molar refractivity (Wildman–Crippen MR) is 65.4 cm³/mol. The van der Waals surface area contributed by atoms with E-state index in [1.807, 2.05) is 0 Å². The molecule has 0 aromatic carbocycles. The Bertz CT molecular complexity index is 232. The number of hydrogen-bond acceptors (Lipinski definition) is 2. The number of hydrogen-bond donors (Lipinski definition) is 2. The number of carbonyl (C=O) groups is 1. The summed E-state index contributed by atoms with van der Waals surface area (Å²) in [5.41, 5.74) is 0. The Morgan fingerprint density at radius 2 is 2.12 bits per heavy atom. The molecule has 1 rings (SSSR count). The zero-order chi connectivity index (χ0) is 11.8. The first-order chi connectivity index (χ1) is 7.74. The topological polar surface area (TPSA) is 49.3 Å². The third-order valence-corrected chi connectivity index (χ3v) is 3.42. The predicted octanol–water partition coefficient (Wildman–Crippen LogP) is 2.58. The second-order valence-electron chi connectivity index (χ2n) is 4.56. The van der Waals surface area contributed by atoms with E-state index < -0.39 is 5.97 Å². The zero-order valence-electron chi connectivity index (χ0n) is 10.1. The van der Waals surface area contributed by atoms with Gasteiger partial charge < -0.3 is 10.4 Å². The van der Waals surface area contributed by atoms with Crippen molar-refractivity contribution in [2.45, 2.75) is 51.5 Å². The fraction of sp³-hybridized carbons (Fsp3) is 0.769. The quantitative estimate of drug-likeness (QED) is 0.683. The smallest absolute Gasteiger partial charge is 0.328 e. The van der Waals surface area contributed by atoms with Crippen LogP contribution in [0.5, 0.6) is 0 Å². The highest BCUT2D eigenvalue weighted by Gasteiger charge is 2.21. The van der Waals surface area contributed by atoms with Crippen molar-refractivity contribution in [1.29, 1.82) is 0 Å². The van der Waals surface area contributed by atoms with E-state index in [-0.39, 0.29) is 0 Å². The molecule has 0 radical (unpaired) electrons. The number of carboxylic acid groups (broad SMARTS) is 1. The molecule has 2 N–H and O–H groups in total. The van der Waals surface area contributed by atoms with Gasteiger partial charge >= 0.3 is 5.97 Å². The first-order valence-corrected chi connectivity index (χ1v) is 6.37. The molecule has 3 nitrogen and oxygen atoms in total. The van der Waals surface area contributed by atoms with E-state index in [1.165, 1.54) is 38.2 Å². The maximum atomic E-state index is 10.3. The molecule has 0 saturated heterocycles. The van der Waals surface area contributed by atoms with Crippen LogP contribution in [0.1, 0.15) is 45.4 Å². The van der Waals surface area contributed by atoms with Crippen molar-refractivity contribution < 1.29 is 9.90 Å². The molecule has 1 fully saturated rings. The summed E-state index contributed by atoms with van der Waals surface area (Å²) in [6, 6.07) is 0.554. The van der Waals surface area contributed by atoms with E-state index >= 15 is 0 Å². The van der Waals surface area contributed by atoms with Crippen molar-refractivity contribution >= 4 is 5.97 Å². The summed E-state index contributed by atoms with van der Waals surface area (Å²) in [5.74, 6) is -0.0792. The summed E-state index contributed by atoms with van der Waals surface area (Å²) in [5, 5.41) is 11.9. The molecule has 0 bridgehead atoms. The highest BCUT2D eigenvalue weighted by atomic mass is 16.4. The van der Waals surface area contributed by atoms with Crippen LogP contribution in [-0.2, 0) is 4.79 Å². The normalized spacial score (nSPS) is 20.1. The lowest BCUT2D eigenvalue weighted by molar-refractivity contribution is -0.131. The highest BCUT2D eigenvalue weighted by molar-refractivity contribution is 5.79. The molecular weight excluding hydrogens is 202 g/mol. The fourth-order valence-electron chi connectivity index (χ4n) is 2.56. The molecule has 1 aliphatic rings. The molecule has 1 unspecified atom stereocenters. The van der Waals surface area contributed by atoms with Gasteiger partial charge in [-0.3, -0.25) is 0 Å². The number of aliphatic carboxylic acids is 1. The Morgan fingerprint density at radius 1 is 1.44 bits per heavy atom. The lowest BCUT2D eigenvalue weighted by Crippen LogP contribution is -2.36. The summed E-state index contributed by atoms with van der Waals surface area (Å²) < 4.78 is 0. The minimum Gasteiger partial charge on any atom is -0.478 e. The van der Waals surface area contributed by atoms with Crippen molar-refractivity contribution in [3.8, 4) is 0 Å². The molecule has 0 spiro atoms. The van der Waals surface area contributed by atoms with E-state index in [0.29, 0.717) is 12.6 Å². The fourth-order valence-corrected chi connectivity index (χ4v) is 2.56. The van der Waals surface area contributed by atoms with Crippen LogP contribution < -0.4 is 5.32 Å². The molecule has 0 heterocycles. The van der Waals surface area contributed by atoms with E-state index in [4.69, 9.17) is 5.11 Å². The van der Waals surface area contributed by atoms with Gasteiger partial charge in [0.15, 0.2) is 0 Å². The Labute approximate surface area is 97.9 Å². The van der Waals surface area contributed by atoms with Crippen molar-refractivity contribution in [3.05, 3.63) is 12.2 Å². The van der Waals surface area contributed by atoms with Gasteiger partial charge in [0.25, 0.3) is 0 Å². The average molecular weight is 225 g/mol. The molecule has 1 atom stereocenters. The lowest BCUT2D eigenvalue weighted by Gasteiger charge is -2.30. The molecule has 16 heavy (non-hydrogen) atoms. The molecule has 0 aliphatic heterocycles. The van der Waals surface area contributed by atoms with Crippen molar-refractivity contribution in [1.82, 2.24) is 5.32 Å². The van der Waals surface area contributed by atoms with E-state index in [0.717, 1.165) is 12.3 Å². The Kier molecular flexibility index (Phi) is 6.16. The lowest BCUT2D eigenvalue weighted by atomic mass is 9.83. The molecule has 1 aliphatic carbocycles. The molecule has 1 saturated carbocycles. The van der Waals surface area contributed by atoms with Gasteiger partial charge in [0.1, 0.15) is 0 Å². The molecule has 92 valence electrons. The number of nitrogens with one attached hydrogen (secondary N) is 1. The van der Waals surface area contributed by atoms with Gasteiger partial charge in [-0.05, 0) is 25.2 Å². The molecule has 0 amide bonds. The van der Waals surface area contributed by atoms with Crippen LogP contribution in [0, 0.1) is 5.92 Å². The second-order valence-corrected chi connectivity index (χ2v) is 4.56. The standard InChI is InChI=1S/C13H23NO2/c1-2-12(11-7-4-3-5-8-11)14-10-6-9-13(15)16/h6,9,11-12,14H,2-5,7-8,10H2,1H3,(H,15,16)/b9-6+. The summed E-state index contributed by atoms with van der Waals surface area (Å²) in [6.07, 6.45) is 10.8. The van der Waals surface area contributed by atoms with Crippen molar-refractivity contribution in [3.63, 3.8) is 0 Å². The Balaban J connectivity index is 2.27. The second kappa shape index (κ2) is 7.44. The summed E-state index contributed by atoms with van der Waals surface area (Å²) in [6.45, 7) is 2.87. The number of carboxylic acids is 1. The monoisotopic (exact) mass is 225 g/mol. The first-order valence-electron chi connectivity index (χ1n) is 6.37. The SMILES string of the molecule is CCC(NC/C=C/C(=O)O)C1CCCCC1. The molecule has 0 aromatic rings. The average Bonchev–Trinajstić information content (AvgIpc) is 2.30. The van der Waals surface area contributed by atoms with Gasteiger partial charge in [-0.1, -0.05) is 32.3 Å². The maximum absolute atomic E-state index is 10.3. The van der Waals surface area contributed by atoms with Gasteiger partial charge in [0, 0.05) is 18.7 Å². The maximum Gasteiger partial charge on any atom is 0.328 e. The van der Waals surface area contributed by atoms with Crippen LogP contribution in [0.15, 0.2) is 12.2 Å². The van der Waals surface area contributed by atoms with Crippen LogP contribution in [-0.4, -0.2) is 23.7 Å². The van der Waals surface area contributed by atoms with Crippen molar-refractivity contribution in [2.75, 3.05) is 6.54 Å². The van der Waals surface area contributed by atoms with Crippen LogP contribution in [0.25, 0.3) is 0 Å². The Morgan fingerprint density at radius 3 is 2.69 bits per heavy atom. The molecule has 0 aromatic heterocycles. The third-order valence-electron chi connectivity index (χ3n) is 3.42. The van der Waals surface area contributed by atoms with Gasteiger partial charge in [-0.2, -0.15) is 0 Å². The number of rotatable bonds is 6. The molecular formula is C13H23NO2. The summed E-state index contributed by atoms with van der Waals surface area (Å²) in [7, 11) is 0. The van der Waals surface area contributed by atoms with Gasteiger partial charge in [0.05, 0.1) is 0 Å². The van der Waals surface area contributed by atoms with Crippen LogP contribution in [0.2, 0.25) is 0 Å². The first kappa shape index (κ1) is 13.2. The van der Waals surface area contributed by atoms with Crippen LogP contribution >= 0.6 is 0 Å². The summed E-state index contributed by atoms with van der Waals surface area (Å²) >= 11 is 0. The van der Waals surface area contributed by atoms with Crippen LogP contribution in [0.3, 0.4) is 0 Å². The van der Waals surface area contributed by atoms with Gasteiger partial charge in [0.2, 0.25) is 0 Å². The highest BCUT2D eigenvalue weighted by Crippen LogP contribution is 2.27. The third kappa shape index (κ3) is 4.79. The van der Waals surface area contributed by atoms with Crippen molar-refractivity contribution in [2.24, 2.45) is 5.92 Å². The van der Waals surface area contributed by atoms with E-state index in [2.05, 4.69) is 12.2 Å². The van der Waals surface area contributed by atoms with E-state index in [9.17, 15) is 4.79 Å². The van der Waals surface area contributed by atoms with Crippen LogP contribution in [0.4, 0.5) is 0 Å². The van der Waals surface area contributed by atoms with Gasteiger partial charge in [-0.15, -0.1) is 0 Å². The van der Waals surface area contributed by atoms with Gasteiger partial charge in [-0.25, -0.2) is 4.79 Å². The zero-order valence-corrected chi connectivity index (χ0v) is 10.1. The molecule has 3 heteroatoms. The minimum atomic E-state index is -0.868. The van der Waals surface area contributed by atoms with E-state index in [1.54, 1.807) is 6.08 Å². The Hall–Kier alpha value is -0.830. The minimum absolute atomic E-state index is 0.554. The summed E-state index contributed by atoms with van der Waals surface area (Å²) in [4.78, 5) is 10.3.